The molecule has 0 fully saturated rings. The minimum atomic E-state index is -0.201. The van der Waals surface area contributed by atoms with Crippen molar-refractivity contribution in [1.82, 2.24) is 10.2 Å². The van der Waals surface area contributed by atoms with E-state index in [1.807, 2.05) is 19.5 Å². The van der Waals surface area contributed by atoms with Crippen LogP contribution in [0.1, 0.15) is 22.2 Å². The second-order valence-electron chi connectivity index (χ2n) is 4.35. The Morgan fingerprint density at radius 2 is 2.26 bits per heavy atom. The van der Waals surface area contributed by atoms with Gasteiger partial charge in [-0.1, -0.05) is 0 Å². The van der Waals surface area contributed by atoms with E-state index >= 15 is 0 Å². The van der Waals surface area contributed by atoms with Gasteiger partial charge in [-0.2, -0.15) is 11.3 Å². The van der Waals surface area contributed by atoms with Gasteiger partial charge in [-0.15, -0.1) is 0 Å². The van der Waals surface area contributed by atoms with E-state index in [4.69, 9.17) is 4.42 Å². The number of nitrogens with one attached hydrogen (secondary N) is 1. The van der Waals surface area contributed by atoms with Crippen LogP contribution in [0, 0.1) is 0 Å². The van der Waals surface area contributed by atoms with E-state index in [1.54, 1.807) is 23.5 Å². The Kier molecular flexibility index (Phi) is 4.79. The number of rotatable bonds is 5. The topological polar surface area (TPSA) is 45.5 Å². The van der Waals surface area contributed by atoms with E-state index in [2.05, 4.69) is 37.6 Å². The molecule has 0 spiro atoms. The summed E-state index contributed by atoms with van der Waals surface area (Å²) in [5.41, 5.74) is 1.20. The molecule has 0 saturated carbocycles. The molecular formula is C13H15BrN2O2S. The highest BCUT2D eigenvalue weighted by atomic mass is 79.9. The van der Waals surface area contributed by atoms with Crippen LogP contribution in [-0.4, -0.2) is 31.4 Å². The first-order valence-electron chi connectivity index (χ1n) is 5.80. The van der Waals surface area contributed by atoms with Gasteiger partial charge in [0.15, 0.2) is 10.4 Å². The van der Waals surface area contributed by atoms with Crippen LogP contribution in [0.3, 0.4) is 0 Å². The Labute approximate surface area is 124 Å². The number of nitrogens with zero attached hydrogens (tertiary/aromatic N) is 1. The van der Waals surface area contributed by atoms with E-state index in [9.17, 15) is 4.79 Å². The molecule has 2 aromatic rings. The predicted molar refractivity (Wildman–Crippen MR) is 79.5 cm³/mol. The summed E-state index contributed by atoms with van der Waals surface area (Å²) in [6.45, 7) is 0.543. The fourth-order valence-corrected chi connectivity index (χ4v) is 2.79. The highest BCUT2D eigenvalue weighted by Gasteiger charge is 2.17. The van der Waals surface area contributed by atoms with E-state index < -0.39 is 0 Å². The molecule has 1 atom stereocenters. The Bertz CT molecular complexity index is 537. The number of carbonyl (C=O) groups is 1. The van der Waals surface area contributed by atoms with Gasteiger partial charge in [-0.3, -0.25) is 4.79 Å². The number of furan rings is 1. The minimum Gasteiger partial charge on any atom is -0.444 e. The van der Waals surface area contributed by atoms with Crippen LogP contribution < -0.4 is 5.32 Å². The minimum absolute atomic E-state index is 0.161. The van der Waals surface area contributed by atoms with E-state index in [0.717, 1.165) is 0 Å². The summed E-state index contributed by atoms with van der Waals surface area (Å²) in [4.78, 5) is 14.0. The van der Waals surface area contributed by atoms with Crippen LogP contribution in [0.25, 0.3) is 0 Å². The number of carbonyl (C=O) groups excluding carboxylic acids is 1. The molecule has 0 saturated heterocycles. The zero-order chi connectivity index (χ0) is 13.8. The first-order chi connectivity index (χ1) is 9.08. The smallest absolute Gasteiger partial charge is 0.287 e. The summed E-state index contributed by atoms with van der Waals surface area (Å²) in [6, 6.07) is 5.59. The molecule has 2 rings (SSSR count). The van der Waals surface area contributed by atoms with Crippen molar-refractivity contribution in [2.24, 2.45) is 0 Å². The number of hydrogen-bond acceptors (Lipinski definition) is 4. The van der Waals surface area contributed by atoms with Crippen molar-refractivity contribution in [3.05, 3.63) is 45.0 Å². The Morgan fingerprint density at radius 3 is 2.79 bits per heavy atom. The molecule has 0 aromatic carbocycles. The summed E-state index contributed by atoms with van der Waals surface area (Å²) in [5, 5.41) is 7.03. The molecule has 1 N–H and O–H groups in total. The third-order valence-electron chi connectivity index (χ3n) is 2.80. The van der Waals surface area contributed by atoms with Gasteiger partial charge in [0.25, 0.3) is 5.91 Å². The molecule has 0 aliphatic heterocycles. The molecule has 4 nitrogen and oxygen atoms in total. The average Bonchev–Trinajstić information content (AvgIpc) is 3.00. The van der Waals surface area contributed by atoms with Crippen LogP contribution >= 0.6 is 27.3 Å². The van der Waals surface area contributed by atoms with Crippen LogP contribution in [-0.2, 0) is 0 Å². The number of hydrogen-bond donors (Lipinski definition) is 1. The lowest BCUT2D eigenvalue weighted by molar-refractivity contribution is 0.0913. The fourth-order valence-electron chi connectivity index (χ4n) is 1.78. The molecule has 0 aliphatic carbocycles. The summed E-state index contributed by atoms with van der Waals surface area (Å²) >= 11 is 4.84. The quantitative estimate of drug-likeness (QED) is 0.907. The van der Waals surface area contributed by atoms with Crippen LogP contribution in [0.2, 0.25) is 0 Å². The van der Waals surface area contributed by atoms with Gasteiger partial charge >= 0.3 is 0 Å². The third kappa shape index (κ3) is 3.68. The van der Waals surface area contributed by atoms with Crippen LogP contribution in [0.4, 0.5) is 0 Å². The molecular weight excluding hydrogens is 328 g/mol. The maximum Gasteiger partial charge on any atom is 0.287 e. The standard InChI is InChI=1S/C13H15BrN2O2S/c1-16(2)10(9-5-6-19-8-9)7-15-13(17)11-3-4-12(14)18-11/h3-6,8,10H,7H2,1-2H3,(H,15,17)/t10-/m0/s1. The van der Waals surface area contributed by atoms with E-state index in [0.29, 0.717) is 17.0 Å². The Hall–Kier alpha value is -1.11. The Morgan fingerprint density at radius 1 is 1.47 bits per heavy atom. The van der Waals surface area contributed by atoms with Gasteiger partial charge in [0.1, 0.15) is 0 Å². The van der Waals surface area contributed by atoms with Gasteiger partial charge < -0.3 is 14.6 Å². The molecule has 6 heteroatoms. The van der Waals surface area contributed by atoms with Gasteiger partial charge in [-0.25, -0.2) is 0 Å². The monoisotopic (exact) mass is 342 g/mol. The normalized spacial score (nSPS) is 12.6. The molecule has 0 bridgehead atoms. The highest BCUT2D eigenvalue weighted by molar-refractivity contribution is 9.10. The summed E-state index contributed by atoms with van der Waals surface area (Å²) in [7, 11) is 4.00. The average molecular weight is 343 g/mol. The van der Waals surface area contributed by atoms with E-state index in [-0.39, 0.29) is 11.9 Å². The summed E-state index contributed by atoms with van der Waals surface area (Å²) in [5.74, 6) is 0.113. The van der Waals surface area contributed by atoms with Crippen molar-refractivity contribution in [3.8, 4) is 0 Å². The number of likely N-dealkylation sites (N-methyl/N-ethyl adjacent to an activating group) is 1. The zero-order valence-corrected chi connectivity index (χ0v) is 13.1. The molecule has 102 valence electrons. The molecule has 19 heavy (non-hydrogen) atoms. The second-order valence-corrected chi connectivity index (χ2v) is 5.91. The largest absolute Gasteiger partial charge is 0.444 e. The van der Waals surface area contributed by atoms with Crippen LogP contribution in [0.5, 0.6) is 0 Å². The molecule has 0 unspecified atom stereocenters. The lowest BCUT2D eigenvalue weighted by Gasteiger charge is -2.23. The van der Waals surface area contributed by atoms with Crippen molar-refractivity contribution in [2.45, 2.75) is 6.04 Å². The molecule has 0 aliphatic rings. The van der Waals surface area contributed by atoms with Gasteiger partial charge in [-0.05, 0) is 64.5 Å². The van der Waals surface area contributed by atoms with Gasteiger partial charge in [0, 0.05) is 6.54 Å². The SMILES string of the molecule is CN(C)[C@@H](CNC(=O)c1ccc(Br)o1)c1ccsc1. The first kappa shape index (κ1) is 14.3. The summed E-state index contributed by atoms with van der Waals surface area (Å²) < 4.78 is 5.78. The number of amides is 1. The van der Waals surface area contributed by atoms with Crippen molar-refractivity contribution < 1.29 is 9.21 Å². The van der Waals surface area contributed by atoms with Crippen molar-refractivity contribution >= 4 is 33.2 Å². The lowest BCUT2D eigenvalue weighted by Crippen LogP contribution is -2.34. The van der Waals surface area contributed by atoms with Gasteiger partial charge in [0.2, 0.25) is 0 Å². The fraction of sp³-hybridized carbons (Fsp3) is 0.308. The number of thiophene rings is 1. The van der Waals surface area contributed by atoms with Crippen molar-refractivity contribution in [1.29, 1.82) is 0 Å². The third-order valence-corrected chi connectivity index (χ3v) is 3.93. The molecule has 0 radical (unpaired) electrons. The molecule has 2 heterocycles. The van der Waals surface area contributed by atoms with Gasteiger partial charge in [0.05, 0.1) is 6.04 Å². The maximum atomic E-state index is 11.9. The number of halogens is 1. The predicted octanol–water partition coefficient (Wildman–Crippen LogP) is 3.14. The lowest BCUT2D eigenvalue weighted by atomic mass is 10.1. The summed E-state index contributed by atoms with van der Waals surface area (Å²) in [6.07, 6.45) is 0. The van der Waals surface area contributed by atoms with Crippen LogP contribution in [0.15, 0.2) is 38.0 Å². The Balaban J connectivity index is 1.98. The molecule has 1 amide bonds. The van der Waals surface area contributed by atoms with Crippen molar-refractivity contribution in [3.63, 3.8) is 0 Å². The van der Waals surface area contributed by atoms with E-state index in [1.165, 1.54) is 5.56 Å². The van der Waals surface area contributed by atoms with Crippen molar-refractivity contribution in [2.75, 3.05) is 20.6 Å². The zero-order valence-electron chi connectivity index (χ0n) is 10.7. The second kappa shape index (κ2) is 6.36. The first-order valence-corrected chi connectivity index (χ1v) is 7.53. The molecule has 2 aromatic heterocycles. The highest BCUT2D eigenvalue weighted by Crippen LogP contribution is 2.20. The maximum absolute atomic E-state index is 11.9.